The van der Waals surface area contributed by atoms with E-state index in [1.807, 2.05) is 4.98 Å². The molecule has 94 valence electrons. The number of halogens is 2. The van der Waals surface area contributed by atoms with Gasteiger partial charge >= 0.3 is 5.97 Å². The predicted molar refractivity (Wildman–Crippen MR) is 56.8 cm³/mol. The van der Waals surface area contributed by atoms with Crippen molar-refractivity contribution in [1.29, 1.82) is 0 Å². The minimum absolute atomic E-state index is 0.0990. The molecule has 0 bridgehead atoms. The van der Waals surface area contributed by atoms with Gasteiger partial charge in [0.25, 0.3) is 6.43 Å². The van der Waals surface area contributed by atoms with Gasteiger partial charge < -0.3 is 15.5 Å². The Bertz CT molecular complexity index is 471. The Balaban J connectivity index is 3.12. The van der Waals surface area contributed by atoms with Gasteiger partial charge in [-0.2, -0.15) is 0 Å². The van der Waals surface area contributed by atoms with Gasteiger partial charge in [-0.25, -0.2) is 8.78 Å². The lowest BCUT2D eigenvalue weighted by molar-refractivity contribution is -0.142. The molecule has 17 heavy (non-hydrogen) atoms. The van der Waals surface area contributed by atoms with E-state index in [1.54, 1.807) is 6.92 Å². The third kappa shape index (κ3) is 3.27. The zero-order valence-corrected chi connectivity index (χ0v) is 9.13. The Labute approximate surface area is 95.6 Å². The molecule has 0 aromatic carbocycles. The van der Waals surface area contributed by atoms with Gasteiger partial charge in [-0.15, -0.1) is 0 Å². The molecule has 1 aromatic rings. The number of pyridine rings is 1. The van der Waals surface area contributed by atoms with E-state index in [1.165, 1.54) is 0 Å². The summed E-state index contributed by atoms with van der Waals surface area (Å²) in [7, 11) is 0. The van der Waals surface area contributed by atoms with Crippen LogP contribution in [0.5, 0.6) is 0 Å². The van der Waals surface area contributed by atoms with Crippen molar-refractivity contribution in [1.82, 2.24) is 4.98 Å². The van der Waals surface area contributed by atoms with Crippen LogP contribution in [-0.4, -0.2) is 17.6 Å². The molecule has 0 unspecified atom stereocenters. The average Bonchev–Trinajstić information content (AvgIpc) is 2.21. The van der Waals surface area contributed by atoms with Gasteiger partial charge in [0.2, 0.25) is 5.56 Å². The summed E-state index contributed by atoms with van der Waals surface area (Å²) in [5, 5.41) is 0. The second-order valence-corrected chi connectivity index (χ2v) is 3.26. The molecule has 0 aliphatic heterocycles. The van der Waals surface area contributed by atoms with E-state index in [0.29, 0.717) is 0 Å². The van der Waals surface area contributed by atoms with E-state index in [0.717, 1.165) is 6.07 Å². The number of alkyl halides is 2. The monoisotopic (exact) mass is 246 g/mol. The second kappa shape index (κ2) is 5.42. The smallest absolute Gasteiger partial charge is 0.310 e. The molecule has 0 aliphatic rings. The topological polar surface area (TPSA) is 85.2 Å². The molecular weight excluding hydrogens is 234 g/mol. The molecular formula is C10H12F2N2O3. The quantitative estimate of drug-likeness (QED) is 0.776. The number of rotatable bonds is 4. The highest BCUT2D eigenvalue weighted by atomic mass is 19.3. The average molecular weight is 246 g/mol. The Hall–Kier alpha value is -1.92. The van der Waals surface area contributed by atoms with Crippen molar-refractivity contribution in [2.75, 3.05) is 12.3 Å². The maximum Gasteiger partial charge on any atom is 0.310 e. The number of nitrogen functional groups attached to an aromatic ring is 1. The Morgan fingerprint density at radius 3 is 2.76 bits per heavy atom. The lowest BCUT2D eigenvalue weighted by Crippen LogP contribution is -2.17. The number of hydrogen-bond donors (Lipinski definition) is 2. The molecule has 0 amide bonds. The van der Waals surface area contributed by atoms with Crippen LogP contribution in [0.3, 0.4) is 0 Å². The van der Waals surface area contributed by atoms with E-state index in [4.69, 9.17) is 5.73 Å². The van der Waals surface area contributed by atoms with Gasteiger partial charge in [0.15, 0.2) is 0 Å². The van der Waals surface area contributed by atoms with E-state index >= 15 is 0 Å². The minimum Gasteiger partial charge on any atom is -0.466 e. The van der Waals surface area contributed by atoms with Crippen LogP contribution in [0.25, 0.3) is 0 Å². The summed E-state index contributed by atoms with van der Waals surface area (Å²) < 4.78 is 29.9. The highest BCUT2D eigenvalue weighted by Gasteiger charge is 2.19. The fraction of sp³-hybridized carbons (Fsp3) is 0.400. The number of carbonyl (C=O) groups is 1. The molecule has 3 N–H and O–H groups in total. The second-order valence-electron chi connectivity index (χ2n) is 3.26. The van der Waals surface area contributed by atoms with Crippen LogP contribution in [-0.2, 0) is 16.0 Å². The first-order valence-electron chi connectivity index (χ1n) is 4.91. The predicted octanol–water partition coefficient (Wildman–Crippen LogP) is 1.00. The number of esters is 1. The highest BCUT2D eigenvalue weighted by Crippen LogP contribution is 2.24. The summed E-state index contributed by atoms with van der Waals surface area (Å²) in [5.74, 6) is -0.673. The van der Waals surface area contributed by atoms with Crippen molar-refractivity contribution >= 4 is 11.7 Å². The number of aromatic amines is 1. The molecule has 0 radical (unpaired) electrons. The van der Waals surface area contributed by atoms with E-state index in [2.05, 4.69) is 4.74 Å². The molecule has 7 heteroatoms. The number of nitrogens with two attached hydrogens (primary N) is 1. The Morgan fingerprint density at radius 2 is 2.24 bits per heavy atom. The fourth-order valence-corrected chi connectivity index (χ4v) is 1.37. The van der Waals surface area contributed by atoms with Crippen LogP contribution < -0.4 is 11.3 Å². The van der Waals surface area contributed by atoms with Crippen LogP contribution >= 0.6 is 0 Å². The molecule has 0 saturated heterocycles. The highest BCUT2D eigenvalue weighted by molar-refractivity contribution is 5.75. The van der Waals surface area contributed by atoms with Gasteiger partial charge in [-0.1, -0.05) is 0 Å². The summed E-state index contributed by atoms with van der Waals surface area (Å²) in [6.45, 7) is 1.74. The number of H-pyrrole nitrogens is 1. The standard InChI is InChI=1S/C10H12F2N2O3/c1-2-17-8(16)3-5-6(13)4-7(15)14-9(5)10(11)12/h4,10H,2-3H2,1H3,(H3,13,14,15). The van der Waals surface area contributed by atoms with Crippen molar-refractivity contribution in [2.45, 2.75) is 19.8 Å². The number of hydrogen-bond acceptors (Lipinski definition) is 4. The lowest BCUT2D eigenvalue weighted by Gasteiger charge is -2.10. The number of carbonyl (C=O) groups excluding carboxylic acids is 1. The first-order valence-corrected chi connectivity index (χ1v) is 4.91. The molecule has 0 aliphatic carbocycles. The van der Waals surface area contributed by atoms with Crippen LogP contribution in [0.2, 0.25) is 0 Å². The Morgan fingerprint density at radius 1 is 1.59 bits per heavy atom. The third-order valence-corrected chi connectivity index (χ3v) is 2.06. The molecule has 1 aromatic heterocycles. The van der Waals surface area contributed by atoms with Crippen LogP contribution in [0, 0.1) is 0 Å². The zero-order chi connectivity index (χ0) is 13.0. The number of ether oxygens (including phenoxy) is 1. The summed E-state index contributed by atoms with van der Waals surface area (Å²) in [6, 6.07) is 0.959. The molecule has 1 rings (SSSR count). The SMILES string of the molecule is CCOC(=O)Cc1c(N)cc(=O)[nH]c1C(F)F. The van der Waals surface area contributed by atoms with Crippen LogP contribution in [0.1, 0.15) is 24.6 Å². The largest absolute Gasteiger partial charge is 0.466 e. The summed E-state index contributed by atoms with van der Waals surface area (Å²) in [6.07, 6.45) is -3.30. The van der Waals surface area contributed by atoms with Crippen molar-refractivity contribution in [3.05, 3.63) is 27.7 Å². The van der Waals surface area contributed by atoms with Crippen molar-refractivity contribution in [2.24, 2.45) is 0 Å². The summed E-state index contributed by atoms with van der Waals surface area (Å²) in [5.41, 5.74) is 3.84. The first kappa shape index (κ1) is 13.1. The number of nitrogens with one attached hydrogen (secondary N) is 1. The lowest BCUT2D eigenvalue weighted by atomic mass is 10.1. The Kier molecular flexibility index (Phi) is 4.19. The van der Waals surface area contributed by atoms with E-state index in [-0.39, 0.29) is 17.9 Å². The molecule has 0 fully saturated rings. The van der Waals surface area contributed by atoms with Gasteiger partial charge in [-0.3, -0.25) is 9.59 Å². The zero-order valence-electron chi connectivity index (χ0n) is 9.13. The molecule has 1 heterocycles. The fourth-order valence-electron chi connectivity index (χ4n) is 1.37. The summed E-state index contributed by atoms with van der Waals surface area (Å²) >= 11 is 0. The van der Waals surface area contributed by atoms with Crippen LogP contribution in [0.15, 0.2) is 10.9 Å². The van der Waals surface area contributed by atoms with Gasteiger partial charge in [-0.05, 0) is 6.92 Å². The van der Waals surface area contributed by atoms with E-state index in [9.17, 15) is 18.4 Å². The molecule has 5 nitrogen and oxygen atoms in total. The maximum atomic E-state index is 12.6. The number of aromatic nitrogens is 1. The number of anilines is 1. The minimum atomic E-state index is -2.91. The normalized spacial score (nSPS) is 10.6. The molecule has 0 spiro atoms. The first-order chi connectivity index (χ1) is 7.95. The van der Waals surface area contributed by atoms with Crippen molar-refractivity contribution in [3.8, 4) is 0 Å². The van der Waals surface area contributed by atoms with Gasteiger partial charge in [0.05, 0.1) is 18.7 Å². The van der Waals surface area contributed by atoms with Gasteiger partial charge in [0, 0.05) is 17.3 Å². The van der Waals surface area contributed by atoms with Crippen LogP contribution in [0.4, 0.5) is 14.5 Å². The summed E-state index contributed by atoms with van der Waals surface area (Å²) in [4.78, 5) is 24.2. The molecule has 0 saturated carbocycles. The molecule has 0 atom stereocenters. The maximum absolute atomic E-state index is 12.6. The van der Waals surface area contributed by atoms with Crippen molar-refractivity contribution in [3.63, 3.8) is 0 Å². The van der Waals surface area contributed by atoms with Gasteiger partial charge in [0.1, 0.15) is 0 Å². The van der Waals surface area contributed by atoms with E-state index < -0.39 is 30.1 Å². The van der Waals surface area contributed by atoms with Crippen molar-refractivity contribution < 1.29 is 18.3 Å². The third-order valence-electron chi connectivity index (χ3n) is 2.06.